The average molecular weight is 604 g/mol. The van der Waals surface area contributed by atoms with E-state index in [1.54, 1.807) is 45.0 Å². The minimum Gasteiger partial charge on any atom is -0.462 e. The first kappa shape index (κ1) is 30.7. The molecule has 2 aromatic carbocycles. The summed E-state index contributed by atoms with van der Waals surface area (Å²) in [6.07, 6.45) is -1.04. The highest BCUT2D eigenvalue weighted by atomic mass is 35.5. The minimum absolute atomic E-state index is 0.215. The average Bonchev–Trinajstić information content (AvgIpc) is 3.26. The third-order valence-electron chi connectivity index (χ3n) is 5.98. The number of pyridine rings is 1. The molecule has 0 radical (unpaired) electrons. The molecule has 0 bridgehead atoms. The monoisotopic (exact) mass is 603 g/mol. The largest absolute Gasteiger partial charge is 0.462 e. The number of hydrogen-bond donors (Lipinski definition) is 2. The lowest BCUT2D eigenvalue weighted by atomic mass is 10.2. The number of nitrogens with zero attached hydrogens (tertiary/aromatic N) is 3. The Labute approximate surface area is 243 Å². The number of imidazole rings is 1. The van der Waals surface area contributed by atoms with Crippen LogP contribution >= 0.6 is 19.3 Å². The fourth-order valence-corrected chi connectivity index (χ4v) is 6.07. The topological polar surface area (TPSA) is 140 Å². The van der Waals surface area contributed by atoms with Gasteiger partial charge in [0.1, 0.15) is 29.7 Å². The molecule has 0 fully saturated rings. The zero-order chi connectivity index (χ0) is 29.7. The summed E-state index contributed by atoms with van der Waals surface area (Å²) in [5, 5.41) is 4.06. The Kier molecular flexibility index (Phi) is 9.88. The Balaban J connectivity index is 1.68. The van der Waals surface area contributed by atoms with Crippen LogP contribution in [0.25, 0.3) is 21.9 Å². The van der Waals surface area contributed by atoms with Gasteiger partial charge < -0.3 is 24.3 Å². The molecule has 11 nitrogen and oxygen atoms in total. The van der Waals surface area contributed by atoms with E-state index in [1.165, 1.54) is 6.92 Å². The van der Waals surface area contributed by atoms with Gasteiger partial charge in [-0.05, 0) is 65.0 Å². The van der Waals surface area contributed by atoms with Crippen molar-refractivity contribution in [2.45, 2.75) is 66.0 Å². The molecule has 220 valence electrons. The molecular formula is C28H35ClN5O6P. The number of nitrogen functional groups attached to an aromatic ring is 1. The Morgan fingerprint density at radius 3 is 2.49 bits per heavy atom. The van der Waals surface area contributed by atoms with Gasteiger partial charge in [0.25, 0.3) is 0 Å². The van der Waals surface area contributed by atoms with Crippen LogP contribution in [0.1, 0.15) is 40.4 Å². The van der Waals surface area contributed by atoms with E-state index in [0.717, 1.165) is 10.9 Å². The van der Waals surface area contributed by atoms with Gasteiger partial charge in [-0.3, -0.25) is 9.32 Å². The van der Waals surface area contributed by atoms with Crippen molar-refractivity contribution in [2.24, 2.45) is 0 Å². The van der Waals surface area contributed by atoms with E-state index in [-0.39, 0.29) is 25.0 Å². The minimum atomic E-state index is -4.13. The van der Waals surface area contributed by atoms with Crippen LogP contribution in [0.15, 0.2) is 48.5 Å². The molecule has 3 N–H and O–H groups in total. The van der Waals surface area contributed by atoms with E-state index in [9.17, 15) is 9.36 Å². The van der Waals surface area contributed by atoms with Gasteiger partial charge in [0, 0.05) is 17.0 Å². The zero-order valence-corrected chi connectivity index (χ0v) is 25.3. The number of halogens is 1. The molecule has 2 heterocycles. The van der Waals surface area contributed by atoms with Crippen LogP contribution in [0, 0.1) is 0 Å². The quantitative estimate of drug-likeness (QED) is 0.141. The number of carbonyl (C=O) groups excluding carboxylic acids is 1. The van der Waals surface area contributed by atoms with Crippen LogP contribution in [0.4, 0.5) is 5.82 Å². The third kappa shape index (κ3) is 7.55. The number of nitrogens with two attached hydrogens (primary N) is 1. The predicted octanol–water partition coefficient (Wildman–Crippen LogP) is 5.88. The fraction of sp³-hybridized carbons (Fsp3) is 0.393. The van der Waals surface area contributed by atoms with E-state index >= 15 is 0 Å². The van der Waals surface area contributed by atoms with Crippen molar-refractivity contribution < 1.29 is 27.9 Å². The highest BCUT2D eigenvalue weighted by Gasteiger charge is 2.35. The first-order valence-electron chi connectivity index (χ1n) is 13.3. The van der Waals surface area contributed by atoms with Gasteiger partial charge >= 0.3 is 13.7 Å². The highest BCUT2D eigenvalue weighted by Crippen LogP contribution is 2.46. The second-order valence-electron chi connectivity index (χ2n) is 9.78. The van der Waals surface area contributed by atoms with Crippen LogP contribution in [0.5, 0.6) is 5.75 Å². The Bertz CT molecular complexity index is 1560. The number of hydrogen-bond acceptors (Lipinski definition) is 9. The molecule has 0 aliphatic heterocycles. The molecule has 4 aromatic rings. The van der Waals surface area contributed by atoms with Crippen molar-refractivity contribution in [3.05, 3.63) is 59.4 Å². The number of ether oxygens (including phenoxy) is 2. The van der Waals surface area contributed by atoms with Gasteiger partial charge in [-0.2, -0.15) is 5.09 Å². The number of para-hydroxylation sites is 1. The maximum absolute atomic E-state index is 14.1. The van der Waals surface area contributed by atoms with E-state index in [0.29, 0.717) is 34.3 Å². The third-order valence-corrected chi connectivity index (χ3v) is 8.02. The Morgan fingerprint density at radius 2 is 1.80 bits per heavy atom. The highest BCUT2D eigenvalue weighted by molar-refractivity contribution is 7.52. The number of nitrogens with one attached hydrogen (secondary N) is 1. The number of fused-ring (bicyclic) bond motifs is 3. The van der Waals surface area contributed by atoms with Crippen LogP contribution in [0.2, 0.25) is 5.02 Å². The summed E-state index contributed by atoms with van der Waals surface area (Å²) < 4.78 is 38.9. The maximum atomic E-state index is 14.1. The van der Waals surface area contributed by atoms with Gasteiger partial charge in [0.2, 0.25) is 0 Å². The van der Waals surface area contributed by atoms with Crippen molar-refractivity contribution in [3.8, 4) is 5.75 Å². The molecule has 2 aromatic heterocycles. The van der Waals surface area contributed by atoms with Crippen LogP contribution in [-0.4, -0.2) is 45.4 Å². The molecular weight excluding hydrogens is 569 g/mol. The second kappa shape index (κ2) is 13.2. The molecule has 0 saturated carbocycles. The lowest BCUT2D eigenvalue weighted by molar-refractivity contribution is -0.149. The van der Waals surface area contributed by atoms with E-state index in [4.69, 9.17) is 40.8 Å². The molecule has 0 aliphatic rings. The standard InChI is InChI=1S/C28H35ClN5O6P/c1-6-37-16-24-32-25-26(22-9-7-8-10-23(22)31-27(25)30)34(24)15-18(4)39-41(36,33-19(5)28(35)38-17(2)3)40-21-13-11-20(29)12-14-21/h7-14,17-19H,6,15-16H2,1-5H3,(H2,30,31)(H,33,36)/t18-,19-,41-/m0/s1. The lowest BCUT2D eigenvalue weighted by Gasteiger charge is -2.26. The molecule has 0 amide bonds. The molecule has 13 heteroatoms. The summed E-state index contributed by atoms with van der Waals surface area (Å²) in [4.78, 5) is 21.8. The SMILES string of the molecule is CCOCc1nc2c(N)nc3ccccc3c2n1C[C@H](C)O[P@@](=O)(N[C@@H](C)C(=O)OC(C)C)Oc1ccc(Cl)cc1. The fourth-order valence-electron chi connectivity index (χ4n) is 4.27. The molecule has 41 heavy (non-hydrogen) atoms. The predicted molar refractivity (Wildman–Crippen MR) is 159 cm³/mol. The molecule has 0 spiro atoms. The number of aromatic nitrogens is 3. The van der Waals surface area contributed by atoms with Crippen molar-refractivity contribution >= 4 is 53.1 Å². The lowest BCUT2D eigenvalue weighted by Crippen LogP contribution is -2.37. The summed E-state index contributed by atoms with van der Waals surface area (Å²) in [7, 11) is -4.13. The first-order chi connectivity index (χ1) is 19.5. The summed E-state index contributed by atoms with van der Waals surface area (Å²) in [6.45, 7) is 9.56. The molecule has 0 aliphatic carbocycles. The van der Waals surface area contributed by atoms with Gasteiger partial charge in [-0.1, -0.05) is 29.8 Å². The summed E-state index contributed by atoms with van der Waals surface area (Å²) >= 11 is 6.01. The zero-order valence-electron chi connectivity index (χ0n) is 23.7. The number of esters is 1. The molecule has 0 saturated heterocycles. The first-order valence-corrected chi connectivity index (χ1v) is 15.2. The van der Waals surface area contributed by atoms with Gasteiger partial charge in [0.15, 0.2) is 5.82 Å². The van der Waals surface area contributed by atoms with Crippen LogP contribution < -0.4 is 15.3 Å². The molecule has 4 rings (SSSR count). The number of benzene rings is 2. The number of carbonyl (C=O) groups is 1. The van der Waals surface area contributed by atoms with Gasteiger partial charge in [0.05, 0.1) is 29.8 Å². The summed E-state index contributed by atoms with van der Waals surface area (Å²) in [6, 6.07) is 13.0. The van der Waals surface area contributed by atoms with E-state index in [1.807, 2.05) is 35.8 Å². The van der Waals surface area contributed by atoms with E-state index < -0.39 is 25.9 Å². The van der Waals surface area contributed by atoms with Crippen molar-refractivity contribution in [3.63, 3.8) is 0 Å². The summed E-state index contributed by atoms with van der Waals surface area (Å²) in [5.74, 6) is 0.555. The van der Waals surface area contributed by atoms with Crippen molar-refractivity contribution in [1.82, 2.24) is 19.6 Å². The van der Waals surface area contributed by atoms with E-state index in [2.05, 4.69) is 10.1 Å². The van der Waals surface area contributed by atoms with Gasteiger partial charge in [-0.15, -0.1) is 0 Å². The Hall–Kier alpha value is -3.21. The van der Waals surface area contributed by atoms with Crippen molar-refractivity contribution in [1.29, 1.82) is 0 Å². The molecule has 3 atom stereocenters. The smallest absolute Gasteiger partial charge is 0.459 e. The Morgan fingerprint density at radius 1 is 1.10 bits per heavy atom. The number of anilines is 1. The van der Waals surface area contributed by atoms with Crippen LogP contribution in [0.3, 0.4) is 0 Å². The molecule has 0 unspecified atom stereocenters. The summed E-state index contributed by atoms with van der Waals surface area (Å²) in [5.41, 5.74) is 8.30. The van der Waals surface area contributed by atoms with Crippen LogP contribution in [-0.2, 0) is 36.5 Å². The normalized spacial score (nSPS) is 14.7. The second-order valence-corrected chi connectivity index (χ2v) is 11.9. The van der Waals surface area contributed by atoms with Crippen molar-refractivity contribution in [2.75, 3.05) is 12.3 Å². The number of rotatable bonds is 13. The maximum Gasteiger partial charge on any atom is 0.459 e. The van der Waals surface area contributed by atoms with Gasteiger partial charge in [-0.25, -0.2) is 14.5 Å².